The van der Waals surface area contributed by atoms with Gasteiger partial charge in [-0.05, 0) is 35.9 Å². The maximum atomic E-state index is 12.2. The van der Waals surface area contributed by atoms with E-state index in [1.165, 1.54) is 0 Å². The van der Waals surface area contributed by atoms with Gasteiger partial charge in [-0.3, -0.25) is 4.79 Å². The van der Waals surface area contributed by atoms with E-state index in [4.69, 9.17) is 21.4 Å². The SMILES string of the molecule is O=C(O)COc1ccc(/C=C(/Cl)c2nnc(C(=O)Nc3ccccc3)s2)cc1. The molecule has 28 heavy (non-hydrogen) atoms. The van der Waals surface area contributed by atoms with Crippen LogP contribution in [0.2, 0.25) is 0 Å². The molecule has 1 amide bonds. The van der Waals surface area contributed by atoms with Gasteiger partial charge in [0, 0.05) is 5.69 Å². The number of nitrogens with one attached hydrogen (secondary N) is 1. The summed E-state index contributed by atoms with van der Waals surface area (Å²) in [6.07, 6.45) is 1.67. The number of benzene rings is 2. The van der Waals surface area contributed by atoms with Gasteiger partial charge in [0.15, 0.2) is 11.6 Å². The van der Waals surface area contributed by atoms with E-state index in [2.05, 4.69) is 15.5 Å². The van der Waals surface area contributed by atoms with Crippen molar-refractivity contribution in [2.75, 3.05) is 11.9 Å². The van der Waals surface area contributed by atoms with Crippen molar-refractivity contribution < 1.29 is 19.4 Å². The second-order valence-corrected chi connectivity index (χ2v) is 6.86. The number of hydrogen-bond acceptors (Lipinski definition) is 6. The summed E-state index contributed by atoms with van der Waals surface area (Å²) >= 11 is 7.37. The number of carboxylic acids is 1. The number of rotatable bonds is 7. The molecular formula is C19H14ClN3O4S. The maximum absolute atomic E-state index is 12.2. The van der Waals surface area contributed by atoms with Crippen LogP contribution in [0.25, 0.3) is 11.1 Å². The summed E-state index contributed by atoms with van der Waals surface area (Å²) in [4.78, 5) is 22.7. The Labute approximate surface area is 169 Å². The topological polar surface area (TPSA) is 101 Å². The van der Waals surface area contributed by atoms with Gasteiger partial charge in [-0.1, -0.05) is 53.3 Å². The first-order valence-electron chi connectivity index (χ1n) is 8.03. The van der Waals surface area contributed by atoms with Crippen LogP contribution in [0.15, 0.2) is 54.6 Å². The number of amides is 1. The van der Waals surface area contributed by atoms with Crippen LogP contribution in [0.4, 0.5) is 5.69 Å². The standard InChI is InChI=1S/C19H14ClN3O4S/c20-15(10-12-6-8-14(9-7-12)27-11-16(24)25)18-22-23-19(28-18)17(26)21-13-4-2-1-3-5-13/h1-10H,11H2,(H,21,26)(H,24,25)/b15-10+. The molecule has 2 aromatic carbocycles. The molecule has 0 bridgehead atoms. The Morgan fingerprint density at radius 1 is 1.07 bits per heavy atom. The first kappa shape index (κ1) is 19.5. The number of carbonyl (C=O) groups is 2. The third-order valence-electron chi connectivity index (χ3n) is 3.39. The lowest BCUT2D eigenvalue weighted by atomic mass is 10.2. The van der Waals surface area contributed by atoms with Crippen molar-refractivity contribution in [2.24, 2.45) is 0 Å². The molecule has 0 radical (unpaired) electrons. The molecule has 3 aromatic rings. The smallest absolute Gasteiger partial charge is 0.341 e. The van der Waals surface area contributed by atoms with Gasteiger partial charge in [0.1, 0.15) is 5.75 Å². The van der Waals surface area contributed by atoms with Crippen molar-refractivity contribution in [3.05, 3.63) is 70.2 Å². The fourth-order valence-corrected chi connectivity index (χ4v) is 3.06. The number of aliphatic carboxylic acids is 1. The normalized spacial score (nSPS) is 11.1. The van der Waals surface area contributed by atoms with E-state index in [-0.39, 0.29) is 10.9 Å². The van der Waals surface area contributed by atoms with Crippen molar-refractivity contribution in [1.82, 2.24) is 10.2 Å². The van der Waals surface area contributed by atoms with Gasteiger partial charge in [-0.25, -0.2) is 4.79 Å². The van der Waals surface area contributed by atoms with Crippen LogP contribution in [-0.4, -0.2) is 33.8 Å². The summed E-state index contributed by atoms with van der Waals surface area (Å²) in [6.45, 7) is -0.408. The fraction of sp³-hybridized carbons (Fsp3) is 0.0526. The van der Waals surface area contributed by atoms with Gasteiger partial charge in [0.25, 0.3) is 5.91 Å². The van der Waals surface area contributed by atoms with E-state index in [9.17, 15) is 9.59 Å². The molecule has 0 unspecified atom stereocenters. The van der Waals surface area contributed by atoms with Gasteiger partial charge in [-0.15, -0.1) is 10.2 Å². The summed E-state index contributed by atoms with van der Waals surface area (Å²) in [6, 6.07) is 15.8. The Morgan fingerprint density at radius 3 is 2.43 bits per heavy atom. The minimum atomic E-state index is -1.05. The van der Waals surface area contributed by atoms with Crippen molar-refractivity contribution in [3.63, 3.8) is 0 Å². The number of carboxylic acid groups (broad SMARTS) is 1. The van der Waals surface area contributed by atoms with Crippen LogP contribution in [0.5, 0.6) is 5.75 Å². The molecule has 3 rings (SSSR count). The molecule has 0 aliphatic carbocycles. The quantitative estimate of drug-likeness (QED) is 0.605. The summed E-state index contributed by atoms with van der Waals surface area (Å²) < 4.78 is 5.07. The molecule has 1 heterocycles. The Balaban J connectivity index is 1.66. The molecule has 0 aliphatic rings. The molecule has 0 fully saturated rings. The minimum absolute atomic E-state index is 0.197. The lowest BCUT2D eigenvalue weighted by Crippen LogP contribution is -2.11. The second kappa shape index (κ2) is 9.12. The third-order valence-corrected chi connectivity index (χ3v) is 4.75. The summed E-state index contributed by atoms with van der Waals surface area (Å²) in [5, 5.41) is 20.1. The minimum Gasteiger partial charge on any atom is -0.482 e. The highest BCUT2D eigenvalue weighted by atomic mass is 35.5. The highest BCUT2D eigenvalue weighted by molar-refractivity contribution is 7.15. The van der Waals surface area contributed by atoms with E-state index in [0.717, 1.165) is 16.9 Å². The number of anilines is 1. The van der Waals surface area contributed by atoms with E-state index < -0.39 is 12.6 Å². The maximum Gasteiger partial charge on any atom is 0.341 e. The lowest BCUT2D eigenvalue weighted by molar-refractivity contribution is -0.139. The molecule has 142 valence electrons. The summed E-state index contributed by atoms with van der Waals surface area (Å²) in [5.41, 5.74) is 1.43. The van der Waals surface area contributed by atoms with Crippen LogP contribution in [0, 0.1) is 0 Å². The third kappa shape index (κ3) is 5.38. The van der Waals surface area contributed by atoms with Gasteiger partial charge < -0.3 is 15.2 Å². The Bertz CT molecular complexity index is 1000. The number of halogens is 1. The molecule has 9 heteroatoms. The van der Waals surface area contributed by atoms with Crippen molar-refractivity contribution in [3.8, 4) is 5.75 Å². The molecule has 0 spiro atoms. The molecule has 2 N–H and O–H groups in total. The Hall–Kier alpha value is -3.23. The van der Waals surface area contributed by atoms with Crippen LogP contribution < -0.4 is 10.1 Å². The number of nitrogens with zero attached hydrogens (tertiary/aromatic N) is 2. The number of aromatic nitrogens is 2. The Kier molecular flexibility index (Phi) is 6.36. The Morgan fingerprint density at radius 2 is 1.75 bits per heavy atom. The number of carbonyl (C=O) groups excluding carboxylic acids is 1. The average molecular weight is 416 g/mol. The highest BCUT2D eigenvalue weighted by Gasteiger charge is 2.14. The zero-order chi connectivity index (χ0) is 19.9. The molecule has 1 aromatic heterocycles. The van der Waals surface area contributed by atoms with E-state index in [1.54, 1.807) is 42.5 Å². The van der Waals surface area contributed by atoms with Gasteiger partial charge in [0.2, 0.25) is 5.01 Å². The largest absolute Gasteiger partial charge is 0.482 e. The molecule has 0 atom stereocenters. The molecular weight excluding hydrogens is 402 g/mol. The summed E-state index contributed by atoms with van der Waals surface area (Å²) in [5.74, 6) is -0.971. The van der Waals surface area contributed by atoms with E-state index in [1.807, 2.05) is 18.2 Å². The van der Waals surface area contributed by atoms with E-state index in [0.29, 0.717) is 21.5 Å². The van der Waals surface area contributed by atoms with Crippen LogP contribution in [-0.2, 0) is 4.79 Å². The van der Waals surface area contributed by atoms with Crippen LogP contribution in [0.3, 0.4) is 0 Å². The molecule has 0 saturated heterocycles. The number of para-hydroxylation sites is 1. The monoisotopic (exact) mass is 415 g/mol. The first-order chi connectivity index (χ1) is 13.5. The average Bonchev–Trinajstić information content (AvgIpc) is 3.19. The van der Waals surface area contributed by atoms with Gasteiger partial charge in [0.05, 0.1) is 5.03 Å². The zero-order valence-electron chi connectivity index (χ0n) is 14.3. The summed E-state index contributed by atoms with van der Waals surface area (Å²) in [7, 11) is 0. The van der Waals surface area contributed by atoms with Gasteiger partial charge >= 0.3 is 5.97 Å². The van der Waals surface area contributed by atoms with Crippen LogP contribution in [0.1, 0.15) is 20.4 Å². The van der Waals surface area contributed by atoms with Crippen LogP contribution >= 0.6 is 22.9 Å². The zero-order valence-corrected chi connectivity index (χ0v) is 15.9. The fourth-order valence-electron chi connectivity index (χ4n) is 2.13. The molecule has 0 saturated carbocycles. The lowest BCUT2D eigenvalue weighted by Gasteiger charge is -2.03. The van der Waals surface area contributed by atoms with Crippen molar-refractivity contribution in [1.29, 1.82) is 0 Å². The van der Waals surface area contributed by atoms with Crippen molar-refractivity contribution >= 4 is 51.6 Å². The molecule has 0 aliphatic heterocycles. The first-order valence-corrected chi connectivity index (χ1v) is 9.23. The van der Waals surface area contributed by atoms with Gasteiger partial charge in [-0.2, -0.15) is 0 Å². The van der Waals surface area contributed by atoms with E-state index >= 15 is 0 Å². The van der Waals surface area contributed by atoms with Crippen molar-refractivity contribution in [2.45, 2.75) is 0 Å². The highest BCUT2D eigenvalue weighted by Crippen LogP contribution is 2.26. The predicted molar refractivity (Wildman–Crippen MR) is 108 cm³/mol. The molecule has 7 nitrogen and oxygen atoms in total. The number of hydrogen-bond donors (Lipinski definition) is 2. The second-order valence-electron chi connectivity index (χ2n) is 5.48. The predicted octanol–water partition coefficient (Wildman–Crippen LogP) is 3.99. The number of ether oxygens (including phenoxy) is 1.